The van der Waals surface area contributed by atoms with Crippen LogP contribution in [0.3, 0.4) is 0 Å². The zero-order chi connectivity index (χ0) is 26.3. The summed E-state index contributed by atoms with van der Waals surface area (Å²) in [6.45, 7) is 6.87. The van der Waals surface area contributed by atoms with Crippen LogP contribution < -0.4 is 0 Å². The Balaban J connectivity index is 1.25. The molecule has 1 aromatic heterocycles. The largest absolute Gasteiger partial charge is 0.382 e. The van der Waals surface area contributed by atoms with Crippen LogP contribution in [0, 0.1) is 30.1 Å². The van der Waals surface area contributed by atoms with Gasteiger partial charge in [-0.15, -0.1) is 11.3 Å². The summed E-state index contributed by atoms with van der Waals surface area (Å²) >= 11 is 1.79. The van der Waals surface area contributed by atoms with Crippen molar-refractivity contribution in [2.45, 2.75) is 71.3 Å². The van der Waals surface area contributed by atoms with E-state index in [1.165, 1.54) is 35.3 Å². The second-order valence-corrected chi connectivity index (χ2v) is 13.4. The van der Waals surface area contributed by atoms with Gasteiger partial charge in [-0.25, -0.2) is 0 Å². The minimum Gasteiger partial charge on any atom is -0.382 e. The number of carbonyl (C=O) groups is 2. The summed E-state index contributed by atoms with van der Waals surface area (Å²) in [5.41, 5.74) is 3.38. The molecular weight excluding hydrogens is 492 g/mol. The second kappa shape index (κ2) is 10.8. The van der Waals surface area contributed by atoms with E-state index in [1.54, 1.807) is 11.3 Å². The highest BCUT2D eigenvalue weighted by molar-refractivity contribution is 7.10. The summed E-state index contributed by atoms with van der Waals surface area (Å²) in [5.74, 6) is 2.44. The molecule has 204 valence electrons. The van der Waals surface area contributed by atoms with Crippen LogP contribution in [-0.2, 0) is 20.7 Å². The normalized spacial score (nSPS) is 29.4. The summed E-state index contributed by atoms with van der Waals surface area (Å²) in [7, 11) is 0. The van der Waals surface area contributed by atoms with E-state index in [2.05, 4.69) is 42.6 Å². The molecule has 0 radical (unpaired) electrons. The van der Waals surface area contributed by atoms with Crippen molar-refractivity contribution in [2.24, 2.45) is 23.2 Å². The number of benzene rings is 1. The third-order valence-corrected chi connectivity index (χ3v) is 10.7. The van der Waals surface area contributed by atoms with Gasteiger partial charge in [0.15, 0.2) is 0 Å². The van der Waals surface area contributed by atoms with E-state index in [-0.39, 0.29) is 29.8 Å². The quantitative estimate of drug-likeness (QED) is 0.371. The van der Waals surface area contributed by atoms with Gasteiger partial charge in [-0.05, 0) is 106 Å². The SMILES string of the molecule is CCOCCCN(CC(=O)N1CCc2sccc2C1c1ccc(C)cc1)C(=O)C12CC3CC(CC(C3)C1)C2. The number of ether oxygens (including phenoxy) is 1. The number of fused-ring (bicyclic) bond motifs is 1. The fourth-order valence-corrected chi connectivity index (χ4v) is 9.31. The lowest BCUT2D eigenvalue weighted by atomic mass is 9.49. The molecule has 4 fully saturated rings. The molecule has 5 nitrogen and oxygen atoms in total. The first-order chi connectivity index (χ1) is 18.5. The Kier molecular flexibility index (Phi) is 7.38. The van der Waals surface area contributed by atoms with E-state index in [0.29, 0.717) is 44.1 Å². The Bertz CT molecular complexity index is 1120. The number of hydrogen-bond donors (Lipinski definition) is 0. The molecule has 4 bridgehead atoms. The molecule has 1 unspecified atom stereocenters. The molecule has 1 aliphatic heterocycles. The number of carbonyl (C=O) groups excluding carboxylic acids is 2. The lowest BCUT2D eigenvalue weighted by molar-refractivity contribution is -0.160. The zero-order valence-electron chi connectivity index (χ0n) is 23.0. The molecule has 1 atom stereocenters. The molecule has 1 aromatic carbocycles. The van der Waals surface area contributed by atoms with Crippen molar-refractivity contribution in [3.63, 3.8) is 0 Å². The first-order valence-corrected chi connectivity index (χ1v) is 15.6. The van der Waals surface area contributed by atoms with E-state index < -0.39 is 0 Å². The number of aryl methyl sites for hydroxylation is 1. The van der Waals surface area contributed by atoms with Crippen LogP contribution in [0.15, 0.2) is 35.7 Å². The van der Waals surface area contributed by atoms with Crippen LogP contribution in [0.4, 0.5) is 0 Å². The van der Waals surface area contributed by atoms with Gasteiger partial charge in [-0.3, -0.25) is 9.59 Å². The molecule has 2 aromatic rings. The molecular formula is C32H42N2O3S. The first-order valence-electron chi connectivity index (χ1n) is 14.7. The molecule has 0 N–H and O–H groups in total. The maximum absolute atomic E-state index is 14.3. The lowest BCUT2D eigenvalue weighted by Crippen LogP contribution is -2.56. The first kappa shape index (κ1) is 26.1. The maximum Gasteiger partial charge on any atom is 0.242 e. The number of hydrogen-bond acceptors (Lipinski definition) is 4. The summed E-state index contributed by atoms with van der Waals surface area (Å²) in [6.07, 6.45) is 8.68. The van der Waals surface area contributed by atoms with Crippen molar-refractivity contribution >= 4 is 23.2 Å². The Morgan fingerprint density at radius 2 is 1.74 bits per heavy atom. The van der Waals surface area contributed by atoms with Crippen molar-refractivity contribution in [2.75, 3.05) is 32.8 Å². The highest BCUT2D eigenvalue weighted by Gasteiger charge is 2.55. The van der Waals surface area contributed by atoms with Crippen molar-refractivity contribution < 1.29 is 14.3 Å². The fraction of sp³-hybridized carbons (Fsp3) is 0.625. The maximum atomic E-state index is 14.3. The van der Waals surface area contributed by atoms with Crippen molar-refractivity contribution in [3.8, 4) is 0 Å². The monoisotopic (exact) mass is 534 g/mol. The van der Waals surface area contributed by atoms with Crippen LogP contribution in [0.1, 0.15) is 79.5 Å². The van der Waals surface area contributed by atoms with Gasteiger partial charge in [0, 0.05) is 31.2 Å². The highest BCUT2D eigenvalue weighted by Crippen LogP contribution is 2.60. The fourth-order valence-electron chi connectivity index (χ4n) is 8.41. The summed E-state index contributed by atoms with van der Waals surface area (Å²) in [5, 5.41) is 2.15. The number of amides is 2. The second-order valence-electron chi connectivity index (χ2n) is 12.4. The van der Waals surface area contributed by atoms with Crippen molar-refractivity contribution in [1.29, 1.82) is 0 Å². The smallest absolute Gasteiger partial charge is 0.242 e. The van der Waals surface area contributed by atoms with Crippen LogP contribution >= 0.6 is 11.3 Å². The van der Waals surface area contributed by atoms with E-state index in [0.717, 1.165) is 37.7 Å². The molecule has 4 saturated carbocycles. The predicted octanol–water partition coefficient (Wildman–Crippen LogP) is 6.00. The van der Waals surface area contributed by atoms with Crippen LogP contribution in [0.25, 0.3) is 0 Å². The molecule has 7 rings (SSSR count). The number of rotatable bonds is 9. The third kappa shape index (κ3) is 4.95. The van der Waals surface area contributed by atoms with Gasteiger partial charge < -0.3 is 14.5 Å². The molecule has 38 heavy (non-hydrogen) atoms. The van der Waals surface area contributed by atoms with E-state index >= 15 is 0 Å². The highest BCUT2D eigenvalue weighted by atomic mass is 32.1. The topological polar surface area (TPSA) is 49.9 Å². The summed E-state index contributed by atoms with van der Waals surface area (Å²) in [6, 6.07) is 10.7. The van der Waals surface area contributed by atoms with E-state index in [1.807, 2.05) is 16.7 Å². The number of nitrogens with zero attached hydrogens (tertiary/aromatic N) is 2. The van der Waals surface area contributed by atoms with Gasteiger partial charge in [0.2, 0.25) is 11.8 Å². The van der Waals surface area contributed by atoms with Crippen molar-refractivity contribution in [3.05, 3.63) is 57.3 Å². The van der Waals surface area contributed by atoms with Gasteiger partial charge in [0.1, 0.15) is 0 Å². The molecule has 5 aliphatic rings. The lowest BCUT2D eigenvalue weighted by Gasteiger charge is -2.56. The van der Waals surface area contributed by atoms with E-state index in [9.17, 15) is 9.59 Å². The standard InChI is InChI=1S/C32H42N2O3S/c1-3-37-13-4-11-33(31(36)32-18-23-15-24(19-32)17-25(16-23)20-32)21-29(35)34-12-9-28-27(10-14-38-28)30(34)26-7-5-22(2)6-8-26/h5-8,10,14,23-25,30H,3-4,9,11-13,15-21H2,1-2H3. The third-order valence-electron chi connectivity index (χ3n) is 9.71. The van der Waals surface area contributed by atoms with Crippen LogP contribution in [0.2, 0.25) is 0 Å². The molecule has 4 aliphatic carbocycles. The van der Waals surface area contributed by atoms with Gasteiger partial charge >= 0.3 is 0 Å². The average Bonchev–Trinajstić information content (AvgIpc) is 3.38. The van der Waals surface area contributed by atoms with Gasteiger partial charge in [-0.1, -0.05) is 29.8 Å². The number of thiophene rings is 1. The Morgan fingerprint density at radius 1 is 1.05 bits per heavy atom. The Hall–Kier alpha value is -2.18. The predicted molar refractivity (Wildman–Crippen MR) is 151 cm³/mol. The molecule has 2 heterocycles. The summed E-state index contributed by atoms with van der Waals surface area (Å²) in [4.78, 5) is 33.8. The van der Waals surface area contributed by atoms with E-state index in [4.69, 9.17) is 4.74 Å². The summed E-state index contributed by atoms with van der Waals surface area (Å²) < 4.78 is 5.62. The average molecular weight is 535 g/mol. The molecule has 6 heteroatoms. The minimum atomic E-state index is -0.237. The Labute approximate surface area is 231 Å². The molecule has 0 spiro atoms. The van der Waals surface area contributed by atoms with Crippen LogP contribution in [0.5, 0.6) is 0 Å². The van der Waals surface area contributed by atoms with Crippen LogP contribution in [-0.4, -0.2) is 54.5 Å². The van der Waals surface area contributed by atoms with Gasteiger partial charge in [0.25, 0.3) is 0 Å². The molecule has 0 saturated heterocycles. The van der Waals surface area contributed by atoms with Crippen molar-refractivity contribution in [1.82, 2.24) is 9.80 Å². The van der Waals surface area contributed by atoms with Gasteiger partial charge in [-0.2, -0.15) is 0 Å². The zero-order valence-corrected chi connectivity index (χ0v) is 23.8. The van der Waals surface area contributed by atoms with Gasteiger partial charge in [0.05, 0.1) is 18.0 Å². The Morgan fingerprint density at radius 3 is 2.39 bits per heavy atom. The molecule has 2 amide bonds. The minimum absolute atomic E-state index is 0.0712.